The van der Waals surface area contributed by atoms with Crippen LogP contribution in [-0.4, -0.2) is 4.98 Å². The minimum atomic E-state index is 0.220. The fourth-order valence-corrected chi connectivity index (χ4v) is 1.27. The zero-order chi connectivity index (χ0) is 9.90. The summed E-state index contributed by atoms with van der Waals surface area (Å²) in [6.45, 7) is 8.82. The molecule has 72 valence electrons. The molecule has 0 bridgehead atoms. The van der Waals surface area contributed by atoms with Gasteiger partial charge in [-0.1, -0.05) is 40.2 Å². The van der Waals surface area contributed by atoms with Crippen molar-refractivity contribution in [1.82, 2.24) is 4.98 Å². The molecule has 0 fully saturated rings. The van der Waals surface area contributed by atoms with Gasteiger partial charge in [0.2, 0.25) is 0 Å². The molecule has 0 saturated heterocycles. The quantitative estimate of drug-likeness (QED) is 0.675. The molecule has 0 unspecified atom stereocenters. The van der Waals surface area contributed by atoms with Crippen LogP contribution in [0.4, 0.5) is 0 Å². The molecule has 0 aliphatic rings. The van der Waals surface area contributed by atoms with Crippen LogP contribution in [0.2, 0.25) is 0 Å². The van der Waals surface area contributed by atoms with Gasteiger partial charge in [-0.05, 0) is 23.5 Å². The molecule has 0 aliphatic carbocycles. The number of hydrogen-bond donors (Lipinski definition) is 0. The maximum absolute atomic E-state index is 4.43. The third-order valence-corrected chi connectivity index (χ3v) is 2.20. The van der Waals surface area contributed by atoms with Gasteiger partial charge in [0.1, 0.15) is 0 Å². The van der Waals surface area contributed by atoms with Gasteiger partial charge in [-0.15, -0.1) is 0 Å². The lowest BCUT2D eigenvalue weighted by Gasteiger charge is -2.18. The fraction of sp³-hybridized carbons (Fsp3) is 0.583. The second-order valence-corrected chi connectivity index (χ2v) is 4.54. The Bertz CT molecular complexity index is 253. The normalized spacial score (nSPS) is 11.7. The highest BCUT2D eigenvalue weighted by molar-refractivity contribution is 5.21. The Balaban J connectivity index is 2.81. The van der Waals surface area contributed by atoms with Crippen molar-refractivity contribution in [3.05, 3.63) is 29.6 Å². The van der Waals surface area contributed by atoms with Gasteiger partial charge in [-0.3, -0.25) is 4.98 Å². The van der Waals surface area contributed by atoms with E-state index < -0.39 is 0 Å². The topological polar surface area (TPSA) is 12.9 Å². The first-order valence-corrected chi connectivity index (χ1v) is 4.99. The second-order valence-electron chi connectivity index (χ2n) is 4.54. The molecular weight excluding hydrogens is 158 g/mol. The molecule has 0 aromatic carbocycles. The molecule has 0 saturated carbocycles. The fourth-order valence-electron chi connectivity index (χ4n) is 1.27. The molecule has 1 heterocycles. The SMILES string of the molecule is CCCc1ccc(C(C)(C)C)cn1. The van der Waals surface area contributed by atoms with Crippen LogP contribution in [0.25, 0.3) is 0 Å². The van der Waals surface area contributed by atoms with E-state index >= 15 is 0 Å². The van der Waals surface area contributed by atoms with Crippen molar-refractivity contribution >= 4 is 0 Å². The van der Waals surface area contributed by atoms with Crippen LogP contribution in [0.5, 0.6) is 0 Å². The van der Waals surface area contributed by atoms with Crippen LogP contribution in [0.3, 0.4) is 0 Å². The number of aryl methyl sites for hydroxylation is 1. The average Bonchev–Trinajstić information content (AvgIpc) is 2.04. The molecule has 13 heavy (non-hydrogen) atoms. The van der Waals surface area contributed by atoms with Crippen LogP contribution >= 0.6 is 0 Å². The van der Waals surface area contributed by atoms with Gasteiger partial charge in [0.25, 0.3) is 0 Å². The summed E-state index contributed by atoms with van der Waals surface area (Å²) < 4.78 is 0. The summed E-state index contributed by atoms with van der Waals surface area (Å²) in [6.07, 6.45) is 4.26. The maximum Gasteiger partial charge on any atom is 0.0403 e. The third-order valence-electron chi connectivity index (χ3n) is 2.20. The predicted octanol–water partition coefficient (Wildman–Crippen LogP) is 3.33. The van der Waals surface area contributed by atoms with Crippen LogP contribution in [0, 0.1) is 0 Å². The molecular formula is C12H19N. The molecule has 1 rings (SSSR count). The number of aromatic nitrogens is 1. The van der Waals surface area contributed by atoms with Crippen molar-refractivity contribution in [2.75, 3.05) is 0 Å². The first-order valence-electron chi connectivity index (χ1n) is 4.99. The van der Waals surface area contributed by atoms with Crippen LogP contribution in [-0.2, 0) is 11.8 Å². The van der Waals surface area contributed by atoms with E-state index in [9.17, 15) is 0 Å². The monoisotopic (exact) mass is 177 g/mol. The van der Waals surface area contributed by atoms with E-state index in [0.29, 0.717) is 0 Å². The van der Waals surface area contributed by atoms with Gasteiger partial charge < -0.3 is 0 Å². The van der Waals surface area contributed by atoms with E-state index in [1.54, 1.807) is 0 Å². The summed E-state index contributed by atoms with van der Waals surface area (Å²) in [5.74, 6) is 0. The molecule has 1 aromatic rings. The van der Waals surface area contributed by atoms with Crippen LogP contribution in [0.1, 0.15) is 45.4 Å². The van der Waals surface area contributed by atoms with Crippen molar-refractivity contribution in [2.45, 2.75) is 46.0 Å². The van der Waals surface area contributed by atoms with Crippen molar-refractivity contribution in [3.63, 3.8) is 0 Å². The van der Waals surface area contributed by atoms with Gasteiger partial charge in [-0.25, -0.2) is 0 Å². The number of pyridine rings is 1. The zero-order valence-corrected chi connectivity index (χ0v) is 9.09. The minimum absolute atomic E-state index is 0.220. The predicted molar refractivity (Wildman–Crippen MR) is 56.9 cm³/mol. The first kappa shape index (κ1) is 10.2. The Morgan fingerprint density at radius 1 is 1.23 bits per heavy atom. The van der Waals surface area contributed by atoms with Gasteiger partial charge in [0.15, 0.2) is 0 Å². The van der Waals surface area contributed by atoms with Gasteiger partial charge in [0, 0.05) is 11.9 Å². The molecule has 0 amide bonds. The Kier molecular flexibility index (Phi) is 3.07. The maximum atomic E-state index is 4.43. The van der Waals surface area contributed by atoms with Crippen LogP contribution in [0.15, 0.2) is 18.3 Å². The Hall–Kier alpha value is -0.850. The Morgan fingerprint density at radius 2 is 1.92 bits per heavy atom. The lowest BCUT2D eigenvalue weighted by atomic mass is 9.88. The number of rotatable bonds is 2. The smallest absolute Gasteiger partial charge is 0.0403 e. The number of hydrogen-bond acceptors (Lipinski definition) is 1. The average molecular weight is 177 g/mol. The van der Waals surface area contributed by atoms with E-state index in [1.165, 1.54) is 17.7 Å². The summed E-state index contributed by atoms with van der Waals surface area (Å²) in [6, 6.07) is 4.34. The van der Waals surface area contributed by atoms with E-state index in [1.807, 2.05) is 6.20 Å². The van der Waals surface area contributed by atoms with Crippen molar-refractivity contribution < 1.29 is 0 Å². The lowest BCUT2D eigenvalue weighted by Crippen LogP contribution is -2.11. The van der Waals surface area contributed by atoms with E-state index in [0.717, 1.165) is 6.42 Å². The highest BCUT2D eigenvalue weighted by atomic mass is 14.7. The van der Waals surface area contributed by atoms with Crippen molar-refractivity contribution in [3.8, 4) is 0 Å². The van der Waals surface area contributed by atoms with Gasteiger partial charge in [-0.2, -0.15) is 0 Å². The Labute approximate surface area is 81.2 Å². The summed E-state index contributed by atoms with van der Waals surface area (Å²) in [5, 5.41) is 0. The van der Waals surface area contributed by atoms with Crippen LogP contribution < -0.4 is 0 Å². The van der Waals surface area contributed by atoms with E-state index in [2.05, 4.69) is 44.8 Å². The highest BCUT2D eigenvalue weighted by Crippen LogP contribution is 2.21. The number of nitrogens with zero attached hydrogens (tertiary/aromatic N) is 1. The lowest BCUT2D eigenvalue weighted by molar-refractivity contribution is 0.586. The largest absolute Gasteiger partial charge is 0.261 e. The first-order chi connectivity index (χ1) is 6.04. The molecule has 0 atom stereocenters. The summed E-state index contributed by atoms with van der Waals surface area (Å²) in [4.78, 5) is 4.43. The highest BCUT2D eigenvalue weighted by Gasteiger charge is 2.13. The summed E-state index contributed by atoms with van der Waals surface area (Å²) in [5.41, 5.74) is 2.74. The van der Waals surface area contributed by atoms with Gasteiger partial charge >= 0.3 is 0 Å². The standard InChI is InChI=1S/C12H19N/c1-5-6-11-8-7-10(9-13-11)12(2,3)4/h7-9H,5-6H2,1-4H3. The minimum Gasteiger partial charge on any atom is -0.261 e. The third kappa shape index (κ3) is 2.83. The molecule has 1 aromatic heterocycles. The van der Waals surface area contributed by atoms with Crippen molar-refractivity contribution in [1.29, 1.82) is 0 Å². The molecule has 1 heteroatoms. The van der Waals surface area contributed by atoms with E-state index in [4.69, 9.17) is 0 Å². The second kappa shape index (κ2) is 3.91. The molecule has 0 spiro atoms. The summed E-state index contributed by atoms with van der Waals surface area (Å²) in [7, 11) is 0. The van der Waals surface area contributed by atoms with Crippen molar-refractivity contribution in [2.24, 2.45) is 0 Å². The van der Waals surface area contributed by atoms with Gasteiger partial charge in [0.05, 0.1) is 0 Å². The molecule has 0 aliphatic heterocycles. The molecule has 0 N–H and O–H groups in total. The summed E-state index contributed by atoms with van der Waals surface area (Å²) >= 11 is 0. The zero-order valence-electron chi connectivity index (χ0n) is 9.09. The molecule has 0 radical (unpaired) electrons. The van der Waals surface area contributed by atoms with E-state index in [-0.39, 0.29) is 5.41 Å². The molecule has 1 nitrogen and oxygen atoms in total. The Morgan fingerprint density at radius 3 is 2.31 bits per heavy atom.